The summed E-state index contributed by atoms with van der Waals surface area (Å²) in [5, 5.41) is 4.07. The van der Waals surface area contributed by atoms with Crippen LogP contribution in [0.2, 0.25) is 0 Å². The van der Waals surface area contributed by atoms with Gasteiger partial charge in [0.05, 0.1) is 17.4 Å². The van der Waals surface area contributed by atoms with Crippen LogP contribution in [0.4, 0.5) is 9.18 Å². The fraction of sp³-hybridized carbons (Fsp3) is 0.607. The lowest BCUT2D eigenvalue weighted by Crippen LogP contribution is -2.44. The fourth-order valence-electron chi connectivity index (χ4n) is 5.12. The van der Waals surface area contributed by atoms with E-state index in [2.05, 4.69) is 5.16 Å². The highest BCUT2D eigenvalue weighted by molar-refractivity contribution is 5.79. The highest BCUT2D eigenvalue weighted by Gasteiger charge is 2.45. The number of hydrogen-bond donors (Lipinski definition) is 0. The molecule has 0 saturated heterocycles. The molecule has 202 valence electrons. The Morgan fingerprint density at radius 3 is 2.54 bits per heavy atom. The average molecular weight is 517 g/mol. The summed E-state index contributed by atoms with van der Waals surface area (Å²) in [6.07, 6.45) is 4.46. The molecule has 2 aliphatic carbocycles. The summed E-state index contributed by atoms with van der Waals surface area (Å²) < 4.78 is 37.5. The van der Waals surface area contributed by atoms with Crippen LogP contribution in [0.15, 0.2) is 28.8 Å². The number of benzene rings is 1. The van der Waals surface area contributed by atoms with Gasteiger partial charge in [0.1, 0.15) is 18.5 Å². The number of alkyl halides is 1. The van der Waals surface area contributed by atoms with Crippen LogP contribution in [-0.4, -0.2) is 53.1 Å². The van der Waals surface area contributed by atoms with Crippen molar-refractivity contribution >= 4 is 12.1 Å². The molecule has 0 bridgehead atoms. The van der Waals surface area contributed by atoms with Crippen molar-refractivity contribution in [3.05, 3.63) is 35.5 Å². The Hall–Kier alpha value is -3.10. The van der Waals surface area contributed by atoms with Gasteiger partial charge in [-0.3, -0.25) is 0 Å². The molecule has 2 saturated carbocycles. The highest BCUT2D eigenvalue weighted by atomic mass is 19.1. The van der Waals surface area contributed by atoms with E-state index in [1.807, 2.05) is 19.1 Å². The first-order chi connectivity index (χ1) is 17.7. The largest absolute Gasteiger partial charge is 0.490 e. The fourth-order valence-corrected chi connectivity index (χ4v) is 5.12. The molecule has 0 spiro atoms. The van der Waals surface area contributed by atoms with Gasteiger partial charge in [-0.15, -0.1) is 0 Å². The number of ether oxygens (including phenoxy) is 3. The standard InChI is InChI=1S/C28H37FN2O6/c1-18(2)35-26(32)28(29)15-7-10-23(16-28)36-22-13-11-20(12-14-22)25-24(19(3)30-37-25)17-34-27(33)31(4)21-8-5-6-9-21/h11-14,18,21,23H,5-10,15-17H2,1-4H3/t23-,28+/m1/s1. The van der Waals surface area contributed by atoms with E-state index in [9.17, 15) is 9.59 Å². The van der Waals surface area contributed by atoms with Crippen molar-refractivity contribution in [2.24, 2.45) is 0 Å². The molecule has 2 atom stereocenters. The Kier molecular flexibility index (Phi) is 8.39. The van der Waals surface area contributed by atoms with E-state index < -0.39 is 17.7 Å². The van der Waals surface area contributed by atoms with Crippen LogP contribution < -0.4 is 4.74 Å². The predicted octanol–water partition coefficient (Wildman–Crippen LogP) is 6.14. The van der Waals surface area contributed by atoms with Crippen LogP contribution in [0.5, 0.6) is 5.75 Å². The van der Waals surface area contributed by atoms with Crippen molar-refractivity contribution in [1.82, 2.24) is 10.1 Å². The Labute approximate surface area is 217 Å². The van der Waals surface area contributed by atoms with Crippen molar-refractivity contribution < 1.29 is 32.7 Å². The molecular weight excluding hydrogens is 479 g/mol. The summed E-state index contributed by atoms with van der Waals surface area (Å²) in [5.41, 5.74) is 0.0939. The van der Waals surface area contributed by atoms with Gasteiger partial charge in [0.15, 0.2) is 5.76 Å². The van der Waals surface area contributed by atoms with E-state index in [1.165, 1.54) is 0 Å². The van der Waals surface area contributed by atoms with Crippen molar-refractivity contribution in [3.8, 4) is 17.1 Å². The molecule has 1 amide bonds. The Balaban J connectivity index is 1.37. The molecule has 0 unspecified atom stereocenters. The Morgan fingerprint density at radius 2 is 1.86 bits per heavy atom. The summed E-state index contributed by atoms with van der Waals surface area (Å²) in [6.45, 7) is 5.29. The number of aromatic nitrogens is 1. The van der Waals surface area contributed by atoms with Gasteiger partial charge in [0, 0.05) is 25.1 Å². The van der Waals surface area contributed by atoms with Crippen LogP contribution in [0.25, 0.3) is 11.3 Å². The van der Waals surface area contributed by atoms with E-state index in [4.69, 9.17) is 18.7 Å². The summed E-state index contributed by atoms with van der Waals surface area (Å²) in [6, 6.07) is 7.43. The second-order valence-electron chi connectivity index (χ2n) is 10.5. The molecule has 2 aromatic rings. The third-order valence-corrected chi connectivity index (χ3v) is 7.26. The molecular formula is C28H37FN2O6. The van der Waals surface area contributed by atoms with Crippen molar-refractivity contribution in [2.75, 3.05) is 7.05 Å². The first kappa shape index (κ1) is 26.9. The SMILES string of the molecule is Cc1noc(-c2ccc(O[C@@H]3CCC[C@@](F)(C(=O)OC(C)C)C3)cc2)c1COC(=O)N(C)C1CCCC1. The minimum absolute atomic E-state index is 0.0353. The molecule has 0 N–H and O–H groups in total. The number of halogens is 1. The number of carbonyl (C=O) groups is 2. The third kappa shape index (κ3) is 6.43. The summed E-state index contributed by atoms with van der Waals surface area (Å²) in [4.78, 5) is 26.5. The molecule has 1 aromatic carbocycles. The maximum absolute atomic E-state index is 15.3. The lowest BCUT2D eigenvalue weighted by molar-refractivity contribution is -0.166. The second kappa shape index (κ2) is 11.5. The second-order valence-corrected chi connectivity index (χ2v) is 10.5. The summed E-state index contributed by atoms with van der Waals surface area (Å²) in [7, 11) is 1.78. The number of esters is 1. The van der Waals surface area contributed by atoms with Crippen LogP contribution in [0, 0.1) is 6.92 Å². The highest BCUT2D eigenvalue weighted by Crippen LogP contribution is 2.36. The van der Waals surface area contributed by atoms with Gasteiger partial charge >= 0.3 is 12.1 Å². The molecule has 4 rings (SSSR count). The van der Waals surface area contributed by atoms with Crippen molar-refractivity contribution in [1.29, 1.82) is 0 Å². The van der Waals surface area contributed by atoms with Gasteiger partial charge in [-0.2, -0.15) is 0 Å². The number of amides is 1. The number of hydrogen-bond acceptors (Lipinski definition) is 7. The Bertz CT molecular complexity index is 1080. The number of nitrogens with zero attached hydrogens (tertiary/aromatic N) is 2. The molecule has 37 heavy (non-hydrogen) atoms. The number of carbonyl (C=O) groups excluding carboxylic acids is 2. The normalized spacial score (nSPS) is 22.2. The lowest BCUT2D eigenvalue weighted by Gasteiger charge is -2.33. The summed E-state index contributed by atoms with van der Waals surface area (Å²) >= 11 is 0. The maximum atomic E-state index is 15.3. The third-order valence-electron chi connectivity index (χ3n) is 7.26. The van der Waals surface area contributed by atoms with Crippen molar-refractivity contribution in [2.45, 2.75) is 103 Å². The van der Waals surface area contributed by atoms with Crippen LogP contribution in [-0.2, 0) is 20.9 Å². The molecule has 8 nitrogen and oxygen atoms in total. The van der Waals surface area contributed by atoms with E-state index >= 15 is 4.39 Å². The van der Waals surface area contributed by atoms with Crippen molar-refractivity contribution in [3.63, 3.8) is 0 Å². The molecule has 1 heterocycles. The van der Waals surface area contributed by atoms with Crippen LogP contribution >= 0.6 is 0 Å². The molecule has 1 aromatic heterocycles. The first-order valence-electron chi connectivity index (χ1n) is 13.2. The average Bonchev–Trinajstić information content (AvgIpc) is 3.52. The van der Waals surface area contributed by atoms with Gasteiger partial charge < -0.3 is 23.6 Å². The minimum atomic E-state index is -2.03. The number of rotatable bonds is 8. The molecule has 2 fully saturated rings. The van der Waals surface area contributed by atoms with E-state index in [-0.39, 0.29) is 37.7 Å². The first-order valence-corrected chi connectivity index (χ1v) is 13.2. The zero-order valence-corrected chi connectivity index (χ0v) is 22.1. The number of aryl methyl sites for hydroxylation is 1. The lowest BCUT2D eigenvalue weighted by atomic mass is 9.84. The molecule has 2 aliphatic rings. The molecule has 0 radical (unpaired) electrons. The van der Waals surface area contributed by atoms with Gasteiger partial charge in [0.25, 0.3) is 0 Å². The van der Waals surface area contributed by atoms with Gasteiger partial charge in [-0.05, 0) is 77.1 Å². The quantitative estimate of drug-likeness (QED) is 0.389. The van der Waals surface area contributed by atoms with E-state index in [1.54, 1.807) is 37.9 Å². The van der Waals surface area contributed by atoms with E-state index in [0.717, 1.165) is 31.2 Å². The molecule has 0 aliphatic heterocycles. The summed E-state index contributed by atoms with van der Waals surface area (Å²) in [5.74, 6) is 0.282. The smallest absolute Gasteiger partial charge is 0.410 e. The van der Waals surface area contributed by atoms with Gasteiger partial charge in [-0.25, -0.2) is 14.0 Å². The topological polar surface area (TPSA) is 91.1 Å². The predicted molar refractivity (Wildman–Crippen MR) is 135 cm³/mol. The zero-order valence-electron chi connectivity index (χ0n) is 22.1. The monoisotopic (exact) mass is 516 g/mol. The Morgan fingerprint density at radius 1 is 1.16 bits per heavy atom. The zero-order chi connectivity index (χ0) is 26.6. The van der Waals surface area contributed by atoms with Crippen LogP contribution in [0.3, 0.4) is 0 Å². The molecule has 9 heteroatoms. The van der Waals surface area contributed by atoms with Crippen LogP contribution in [0.1, 0.15) is 76.5 Å². The van der Waals surface area contributed by atoms with E-state index in [0.29, 0.717) is 35.6 Å². The minimum Gasteiger partial charge on any atom is -0.490 e. The van der Waals surface area contributed by atoms with Gasteiger partial charge in [-0.1, -0.05) is 18.0 Å². The van der Waals surface area contributed by atoms with Gasteiger partial charge in [0.2, 0.25) is 5.67 Å². The maximum Gasteiger partial charge on any atom is 0.410 e.